The van der Waals surface area contributed by atoms with E-state index in [0.717, 1.165) is 16.6 Å². The molecule has 0 amide bonds. The number of aliphatic hydroxyl groups is 1. The fourth-order valence-electron chi connectivity index (χ4n) is 2.90. The summed E-state index contributed by atoms with van der Waals surface area (Å²) >= 11 is 1.25. The molecule has 0 aliphatic heterocycles. The van der Waals surface area contributed by atoms with Gasteiger partial charge in [-0.05, 0) is 12.1 Å². The van der Waals surface area contributed by atoms with Gasteiger partial charge in [-0.3, -0.25) is 9.89 Å². The van der Waals surface area contributed by atoms with E-state index in [1.54, 1.807) is 30.1 Å². The van der Waals surface area contributed by atoms with E-state index in [9.17, 15) is 9.90 Å². The van der Waals surface area contributed by atoms with E-state index in [4.69, 9.17) is 11.1 Å². The van der Waals surface area contributed by atoms with Gasteiger partial charge < -0.3 is 20.8 Å². The van der Waals surface area contributed by atoms with Gasteiger partial charge in [0.05, 0.1) is 23.1 Å². The van der Waals surface area contributed by atoms with Crippen LogP contribution in [0.15, 0.2) is 35.0 Å². The van der Waals surface area contributed by atoms with Crippen LogP contribution >= 0.6 is 11.3 Å². The van der Waals surface area contributed by atoms with Crippen LogP contribution < -0.4 is 11.3 Å². The van der Waals surface area contributed by atoms with Gasteiger partial charge >= 0.3 is 0 Å². The molecule has 0 saturated carbocycles. The summed E-state index contributed by atoms with van der Waals surface area (Å²) in [4.78, 5) is 17.3. The average molecular weight is 384 g/mol. The van der Waals surface area contributed by atoms with Crippen LogP contribution in [0.5, 0.6) is 0 Å². The molecule has 0 spiro atoms. The van der Waals surface area contributed by atoms with Crippen LogP contribution in [0, 0.1) is 5.41 Å². The lowest BCUT2D eigenvalue weighted by Crippen LogP contribution is -2.24. The first-order chi connectivity index (χ1) is 13.0. The summed E-state index contributed by atoms with van der Waals surface area (Å²) in [7, 11) is 1.75. The number of hydrogen-bond donors (Lipinski definition) is 4. The summed E-state index contributed by atoms with van der Waals surface area (Å²) in [6.07, 6.45) is 4.46. The number of allylic oxidation sites excluding steroid dienone is 1. The van der Waals surface area contributed by atoms with Gasteiger partial charge in [-0.2, -0.15) is 10.2 Å². The van der Waals surface area contributed by atoms with Gasteiger partial charge in [-0.15, -0.1) is 11.3 Å². The molecule has 4 aromatic rings. The molecule has 138 valence electrons. The highest BCUT2D eigenvalue weighted by Crippen LogP contribution is 2.34. The molecule has 0 fully saturated rings. The number of aromatic nitrogens is 6. The SMILES string of the molecule is Cn1c2nc([C@@H](O)C(N)=CC=N)sc2c2cnn(Cc3ccn[nH]3)c(=O)c21. The van der Waals surface area contributed by atoms with E-state index in [1.165, 1.54) is 22.1 Å². The highest BCUT2D eigenvalue weighted by molar-refractivity contribution is 7.19. The number of aliphatic hydroxyl groups excluding tert-OH is 1. The summed E-state index contributed by atoms with van der Waals surface area (Å²) in [5.41, 5.74) is 7.49. The van der Waals surface area contributed by atoms with Crippen molar-refractivity contribution in [2.45, 2.75) is 12.6 Å². The Kier molecular flexibility index (Phi) is 4.09. The van der Waals surface area contributed by atoms with Gasteiger partial charge in [-0.1, -0.05) is 0 Å². The number of H-pyrrole nitrogens is 1. The van der Waals surface area contributed by atoms with Crippen molar-refractivity contribution in [2.75, 3.05) is 0 Å². The van der Waals surface area contributed by atoms with Crippen LogP contribution in [-0.2, 0) is 13.6 Å². The van der Waals surface area contributed by atoms with Crippen molar-refractivity contribution in [1.29, 1.82) is 5.41 Å². The van der Waals surface area contributed by atoms with Crippen molar-refractivity contribution in [2.24, 2.45) is 12.8 Å². The second-order valence-corrected chi connectivity index (χ2v) is 6.98. The molecule has 0 unspecified atom stereocenters. The van der Waals surface area contributed by atoms with Gasteiger partial charge in [0.15, 0.2) is 5.65 Å². The van der Waals surface area contributed by atoms with Crippen LogP contribution in [-0.4, -0.2) is 40.9 Å². The first-order valence-electron chi connectivity index (χ1n) is 7.98. The van der Waals surface area contributed by atoms with Crippen molar-refractivity contribution in [3.8, 4) is 0 Å². The van der Waals surface area contributed by atoms with E-state index in [0.29, 0.717) is 21.6 Å². The molecule has 0 bridgehead atoms. The number of aromatic amines is 1. The van der Waals surface area contributed by atoms with E-state index in [2.05, 4.69) is 20.3 Å². The number of thiazole rings is 1. The Labute approximate surface area is 156 Å². The zero-order valence-corrected chi connectivity index (χ0v) is 15.1. The second kappa shape index (κ2) is 6.45. The second-order valence-electron chi connectivity index (χ2n) is 5.95. The molecular formula is C16H16N8O2S. The fourth-order valence-corrected chi connectivity index (χ4v) is 4.02. The number of hydrogen-bond acceptors (Lipinski definition) is 8. The van der Waals surface area contributed by atoms with Crippen LogP contribution in [0.1, 0.15) is 16.8 Å². The lowest BCUT2D eigenvalue weighted by Gasteiger charge is -2.07. The lowest BCUT2D eigenvalue weighted by atomic mass is 10.2. The number of nitrogens with two attached hydrogens (primary N) is 1. The predicted octanol–water partition coefficient (Wildman–Crippen LogP) is 0.642. The van der Waals surface area contributed by atoms with Crippen LogP contribution in [0.25, 0.3) is 21.3 Å². The Morgan fingerprint density at radius 3 is 3.07 bits per heavy atom. The standard InChI is InChI=1S/C16H16N8O2S/c1-23-11-9(6-20-24(16(11)26)7-8-3-5-19-22-8)13-14(23)21-15(27-13)12(25)10(18)2-4-17/h2-6,12,17,25H,7,18H2,1H3,(H,19,22)/t12-/m0/s1. The Hall–Kier alpha value is -3.31. The fraction of sp³-hybridized carbons (Fsp3) is 0.188. The maximum atomic E-state index is 12.9. The molecule has 4 rings (SSSR count). The molecule has 10 nitrogen and oxygen atoms in total. The number of aryl methyl sites for hydroxylation is 1. The van der Waals surface area contributed by atoms with Gasteiger partial charge in [0, 0.05) is 30.5 Å². The van der Waals surface area contributed by atoms with Crippen molar-refractivity contribution in [3.63, 3.8) is 0 Å². The predicted molar refractivity (Wildman–Crippen MR) is 102 cm³/mol. The largest absolute Gasteiger partial charge is 0.400 e. The first kappa shape index (κ1) is 17.1. The molecule has 27 heavy (non-hydrogen) atoms. The van der Waals surface area contributed by atoms with E-state index in [-0.39, 0.29) is 17.8 Å². The Morgan fingerprint density at radius 1 is 1.56 bits per heavy atom. The molecule has 5 N–H and O–H groups in total. The molecule has 0 aliphatic rings. The number of fused-ring (bicyclic) bond motifs is 3. The summed E-state index contributed by atoms with van der Waals surface area (Å²) in [6, 6.07) is 1.78. The zero-order valence-electron chi connectivity index (χ0n) is 14.2. The Balaban J connectivity index is 1.84. The molecule has 11 heteroatoms. The van der Waals surface area contributed by atoms with Crippen LogP contribution in [0.4, 0.5) is 0 Å². The van der Waals surface area contributed by atoms with Crippen molar-refractivity contribution in [3.05, 3.63) is 51.3 Å². The van der Waals surface area contributed by atoms with Crippen molar-refractivity contribution < 1.29 is 5.11 Å². The maximum Gasteiger partial charge on any atom is 0.291 e. The van der Waals surface area contributed by atoms with Crippen molar-refractivity contribution in [1.82, 2.24) is 29.5 Å². The number of nitrogens with zero attached hydrogens (tertiary/aromatic N) is 5. The Morgan fingerprint density at radius 2 is 2.37 bits per heavy atom. The topological polar surface area (TPSA) is 151 Å². The molecular weight excluding hydrogens is 368 g/mol. The third-order valence-corrected chi connectivity index (χ3v) is 5.38. The minimum absolute atomic E-state index is 0.133. The molecule has 4 heterocycles. The average Bonchev–Trinajstić information content (AvgIpc) is 3.36. The normalized spacial score (nSPS) is 13.5. The number of nitrogens with one attached hydrogen (secondary N) is 2. The highest BCUT2D eigenvalue weighted by Gasteiger charge is 2.22. The third kappa shape index (κ3) is 2.73. The zero-order chi connectivity index (χ0) is 19.1. The third-order valence-electron chi connectivity index (χ3n) is 4.25. The van der Waals surface area contributed by atoms with Gasteiger partial charge in [0.1, 0.15) is 16.6 Å². The molecule has 0 aromatic carbocycles. The van der Waals surface area contributed by atoms with E-state index >= 15 is 0 Å². The highest BCUT2D eigenvalue weighted by atomic mass is 32.1. The Bertz CT molecular complexity index is 1230. The molecule has 4 aromatic heterocycles. The molecule has 1 atom stereocenters. The van der Waals surface area contributed by atoms with E-state index < -0.39 is 6.10 Å². The quantitative estimate of drug-likeness (QED) is 0.371. The molecule has 0 radical (unpaired) electrons. The monoisotopic (exact) mass is 384 g/mol. The minimum Gasteiger partial charge on any atom is -0.400 e. The van der Waals surface area contributed by atoms with Crippen molar-refractivity contribution >= 4 is 38.8 Å². The van der Waals surface area contributed by atoms with Gasteiger partial charge in [0.2, 0.25) is 0 Å². The summed E-state index contributed by atoms with van der Waals surface area (Å²) < 4.78 is 3.81. The van der Waals surface area contributed by atoms with Crippen LogP contribution in [0.2, 0.25) is 0 Å². The van der Waals surface area contributed by atoms with E-state index in [1.807, 2.05) is 0 Å². The van der Waals surface area contributed by atoms with Gasteiger partial charge in [0.25, 0.3) is 5.56 Å². The maximum absolute atomic E-state index is 12.9. The van der Waals surface area contributed by atoms with Crippen LogP contribution in [0.3, 0.4) is 0 Å². The molecule has 0 saturated heterocycles. The van der Waals surface area contributed by atoms with Gasteiger partial charge in [-0.25, -0.2) is 9.67 Å². The summed E-state index contributed by atoms with van der Waals surface area (Å²) in [5, 5.41) is 29.4. The molecule has 0 aliphatic carbocycles. The summed E-state index contributed by atoms with van der Waals surface area (Å²) in [6.45, 7) is 0.288. The number of rotatable bonds is 5. The minimum atomic E-state index is -1.10. The first-order valence-corrected chi connectivity index (χ1v) is 8.80. The summed E-state index contributed by atoms with van der Waals surface area (Å²) in [5.74, 6) is 0. The lowest BCUT2D eigenvalue weighted by molar-refractivity contribution is 0.214. The smallest absolute Gasteiger partial charge is 0.291 e.